The monoisotopic (exact) mass is 433 g/mol. The Morgan fingerprint density at radius 2 is 1.91 bits per heavy atom. The molecule has 1 saturated carbocycles. The molecule has 128 valence electrons. The second kappa shape index (κ2) is 7.79. The van der Waals surface area contributed by atoms with Gasteiger partial charge in [-0.15, -0.1) is 24.0 Å². The van der Waals surface area contributed by atoms with Crippen molar-refractivity contribution in [2.45, 2.75) is 37.1 Å². The highest BCUT2D eigenvalue weighted by Gasteiger charge is 2.35. The van der Waals surface area contributed by atoms with E-state index in [0.29, 0.717) is 31.8 Å². The first kappa shape index (κ1) is 18.4. The molecule has 1 aliphatic carbocycles. The second-order valence-electron chi connectivity index (χ2n) is 6.42. The number of aliphatic imine (C=N–C) groups is 1. The third kappa shape index (κ3) is 4.35. The molecule has 2 fully saturated rings. The standard InChI is InChI=1S/C17H24FN3O.HI/c1-21(15-6-7-15)16(19)20-12-17(8-10-22-11-9-17)13-2-4-14(18)5-3-13;/h2-5,15H,6-12H2,1H3,(H2,19,20);1H. The average molecular weight is 433 g/mol. The van der Waals surface area contributed by atoms with E-state index in [-0.39, 0.29) is 35.2 Å². The third-order valence-corrected chi connectivity index (χ3v) is 4.91. The summed E-state index contributed by atoms with van der Waals surface area (Å²) < 4.78 is 18.7. The lowest BCUT2D eigenvalue weighted by Gasteiger charge is -2.36. The first-order chi connectivity index (χ1) is 10.6. The van der Waals surface area contributed by atoms with Gasteiger partial charge in [-0.3, -0.25) is 4.99 Å². The fourth-order valence-corrected chi connectivity index (χ4v) is 3.10. The number of nitrogens with two attached hydrogens (primary N) is 1. The van der Waals surface area contributed by atoms with Crippen LogP contribution in [0.25, 0.3) is 0 Å². The van der Waals surface area contributed by atoms with Crippen molar-refractivity contribution in [1.82, 2.24) is 4.90 Å². The molecule has 6 heteroatoms. The Hall–Kier alpha value is -0.890. The molecule has 1 aliphatic heterocycles. The summed E-state index contributed by atoms with van der Waals surface area (Å²) in [6, 6.07) is 7.35. The van der Waals surface area contributed by atoms with Crippen molar-refractivity contribution >= 4 is 29.9 Å². The summed E-state index contributed by atoms with van der Waals surface area (Å²) in [5, 5.41) is 0. The van der Waals surface area contributed by atoms with Gasteiger partial charge in [0, 0.05) is 31.7 Å². The number of benzene rings is 1. The van der Waals surface area contributed by atoms with Crippen LogP contribution in [0.5, 0.6) is 0 Å². The lowest BCUT2D eigenvalue weighted by atomic mass is 9.74. The van der Waals surface area contributed by atoms with Crippen LogP contribution in [0.15, 0.2) is 29.3 Å². The fourth-order valence-electron chi connectivity index (χ4n) is 3.10. The van der Waals surface area contributed by atoms with Crippen molar-refractivity contribution in [3.8, 4) is 0 Å². The minimum atomic E-state index is -0.206. The summed E-state index contributed by atoms with van der Waals surface area (Å²) in [5.41, 5.74) is 7.15. The Bertz CT molecular complexity index is 539. The molecule has 0 aromatic heterocycles. The number of guanidine groups is 1. The molecule has 23 heavy (non-hydrogen) atoms. The van der Waals surface area contributed by atoms with Gasteiger partial charge in [0.1, 0.15) is 5.82 Å². The highest BCUT2D eigenvalue weighted by molar-refractivity contribution is 14.0. The van der Waals surface area contributed by atoms with Crippen molar-refractivity contribution in [2.24, 2.45) is 10.7 Å². The van der Waals surface area contributed by atoms with Crippen LogP contribution >= 0.6 is 24.0 Å². The van der Waals surface area contributed by atoms with Crippen LogP contribution in [0.1, 0.15) is 31.2 Å². The molecular formula is C17H25FIN3O. The summed E-state index contributed by atoms with van der Waals surface area (Å²) in [7, 11) is 2.01. The van der Waals surface area contributed by atoms with Crippen molar-refractivity contribution < 1.29 is 9.13 Å². The van der Waals surface area contributed by atoms with E-state index in [1.807, 2.05) is 19.2 Å². The average Bonchev–Trinajstić information content (AvgIpc) is 3.38. The van der Waals surface area contributed by atoms with Crippen LogP contribution in [0.3, 0.4) is 0 Å². The van der Waals surface area contributed by atoms with E-state index in [4.69, 9.17) is 10.5 Å². The van der Waals surface area contributed by atoms with Gasteiger partial charge in [0.25, 0.3) is 0 Å². The van der Waals surface area contributed by atoms with Gasteiger partial charge < -0.3 is 15.4 Å². The van der Waals surface area contributed by atoms with Gasteiger partial charge in [-0.25, -0.2) is 4.39 Å². The molecule has 0 bridgehead atoms. The van der Waals surface area contributed by atoms with Crippen LogP contribution in [0.4, 0.5) is 4.39 Å². The van der Waals surface area contributed by atoms with Gasteiger partial charge in [-0.2, -0.15) is 0 Å². The van der Waals surface area contributed by atoms with Gasteiger partial charge in [0.2, 0.25) is 0 Å². The first-order valence-corrected chi connectivity index (χ1v) is 7.97. The van der Waals surface area contributed by atoms with Gasteiger partial charge in [-0.05, 0) is 43.4 Å². The predicted molar refractivity (Wildman–Crippen MR) is 101 cm³/mol. The molecule has 1 aromatic rings. The number of halogens is 2. The van der Waals surface area contributed by atoms with Crippen molar-refractivity contribution in [3.63, 3.8) is 0 Å². The Morgan fingerprint density at radius 3 is 2.48 bits per heavy atom. The molecule has 0 radical (unpaired) electrons. The normalized spacial score (nSPS) is 20.7. The van der Waals surface area contributed by atoms with Crippen LogP contribution in [0, 0.1) is 5.82 Å². The summed E-state index contributed by atoms with van der Waals surface area (Å²) in [6.07, 6.45) is 4.18. The highest BCUT2D eigenvalue weighted by atomic mass is 127. The molecule has 0 atom stereocenters. The van der Waals surface area contributed by atoms with Gasteiger partial charge in [-0.1, -0.05) is 12.1 Å². The first-order valence-electron chi connectivity index (χ1n) is 7.97. The SMILES string of the molecule is CN(C(N)=NCC1(c2ccc(F)cc2)CCOCC1)C1CC1.I. The lowest BCUT2D eigenvalue weighted by Crippen LogP contribution is -2.40. The largest absolute Gasteiger partial charge is 0.381 e. The fraction of sp³-hybridized carbons (Fsp3) is 0.588. The number of ether oxygens (including phenoxy) is 1. The summed E-state index contributed by atoms with van der Waals surface area (Å²) in [6.45, 7) is 2.06. The van der Waals surface area contributed by atoms with Crippen molar-refractivity contribution in [1.29, 1.82) is 0 Å². The minimum absolute atomic E-state index is 0. The molecule has 0 amide bonds. The Labute approximate surface area is 154 Å². The number of hydrogen-bond donors (Lipinski definition) is 1. The molecule has 1 aromatic carbocycles. The van der Waals surface area contributed by atoms with Crippen LogP contribution < -0.4 is 5.73 Å². The summed E-state index contributed by atoms with van der Waals surface area (Å²) >= 11 is 0. The van der Waals surface area contributed by atoms with E-state index in [1.165, 1.54) is 25.0 Å². The maximum Gasteiger partial charge on any atom is 0.191 e. The van der Waals surface area contributed by atoms with E-state index in [1.54, 1.807) is 0 Å². The van der Waals surface area contributed by atoms with Crippen LogP contribution in [0.2, 0.25) is 0 Å². The minimum Gasteiger partial charge on any atom is -0.381 e. The zero-order chi connectivity index (χ0) is 15.6. The Morgan fingerprint density at radius 1 is 1.30 bits per heavy atom. The number of nitrogens with zero attached hydrogens (tertiary/aromatic N) is 2. The van der Waals surface area contributed by atoms with E-state index >= 15 is 0 Å². The third-order valence-electron chi connectivity index (χ3n) is 4.91. The molecule has 4 nitrogen and oxygen atoms in total. The maximum absolute atomic E-state index is 13.2. The zero-order valence-electron chi connectivity index (χ0n) is 13.5. The highest BCUT2D eigenvalue weighted by Crippen LogP contribution is 2.35. The molecule has 3 rings (SSSR count). The smallest absolute Gasteiger partial charge is 0.191 e. The molecule has 2 N–H and O–H groups in total. The Kier molecular flexibility index (Phi) is 6.25. The molecule has 2 aliphatic rings. The summed E-state index contributed by atoms with van der Waals surface area (Å²) in [5.74, 6) is 0.401. The molecule has 0 unspecified atom stereocenters. The molecule has 1 heterocycles. The topological polar surface area (TPSA) is 50.8 Å². The van der Waals surface area contributed by atoms with Crippen LogP contribution in [-0.4, -0.2) is 43.7 Å². The van der Waals surface area contributed by atoms with E-state index < -0.39 is 0 Å². The zero-order valence-corrected chi connectivity index (χ0v) is 15.8. The van der Waals surface area contributed by atoms with Gasteiger partial charge in [0.15, 0.2) is 5.96 Å². The van der Waals surface area contributed by atoms with Crippen molar-refractivity contribution in [2.75, 3.05) is 26.8 Å². The molecular weight excluding hydrogens is 408 g/mol. The van der Waals surface area contributed by atoms with E-state index in [0.717, 1.165) is 18.4 Å². The van der Waals surface area contributed by atoms with E-state index in [9.17, 15) is 4.39 Å². The summed E-state index contributed by atoms with van der Waals surface area (Å²) in [4.78, 5) is 6.72. The molecule has 0 spiro atoms. The molecule has 1 saturated heterocycles. The Balaban J connectivity index is 0.00000192. The van der Waals surface area contributed by atoms with Crippen molar-refractivity contribution in [3.05, 3.63) is 35.6 Å². The number of rotatable bonds is 4. The lowest BCUT2D eigenvalue weighted by molar-refractivity contribution is 0.0530. The number of hydrogen-bond acceptors (Lipinski definition) is 2. The van der Waals surface area contributed by atoms with Gasteiger partial charge in [0.05, 0.1) is 6.54 Å². The maximum atomic E-state index is 13.2. The quantitative estimate of drug-likeness (QED) is 0.452. The van der Waals surface area contributed by atoms with Gasteiger partial charge >= 0.3 is 0 Å². The van der Waals surface area contributed by atoms with Crippen LogP contribution in [-0.2, 0) is 10.2 Å². The van der Waals surface area contributed by atoms with E-state index in [2.05, 4.69) is 9.89 Å². The second-order valence-corrected chi connectivity index (χ2v) is 6.42. The predicted octanol–water partition coefficient (Wildman–Crippen LogP) is 2.90.